The Morgan fingerprint density at radius 3 is 2.71 bits per heavy atom. The quantitative estimate of drug-likeness (QED) is 0.592. The molecule has 84 valence electrons. The maximum Gasteiger partial charge on any atom is 0.00683 e. The summed E-state index contributed by atoms with van der Waals surface area (Å²) in [5.74, 6) is 3.56. The lowest BCUT2D eigenvalue weighted by Gasteiger charge is -2.15. The molecule has 0 spiro atoms. The second kappa shape index (κ2) is 7.58. The Balaban J connectivity index is 1.93. The molecule has 1 rings (SSSR count). The number of hydrogen-bond donors (Lipinski definition) is 1. The summed E-state index contributed by atoms with van der Waals surface area (Å²) < 4.78 is 0. The van der Waals surface area contributed by atoms with Gasteiger partial charge in [-0.1, -0.05) is 20.3 Å². The van der Waals surface area contributed by atoms with Crippen LogP contribution >= 0.6 is 11.8 Å². The van der Waals surface area contributed by atoms with Gasteiger partial charge in [0.05, 0.1) is 0 Å². The smallest absolute Gasteiger partial charge is 0.00683 e. The highest BCUT2D eigenvalue weighted by molar-refractivity contribution is 7.99. The van der Waals surface area contributed by atoms with E-state index in [1.165, 1.54) is 50.2 Å². The first-order valence-corrected chi connectivity index (χ1v) is 7.33. The molecule has 1 unspecified atom stereocenters. The molecule has 1 fully saturated rings. The molecule has 14 heavy (non-hydrogen) atoms. The van der Waals surface area contributed by atoms with Gasteiger partial charge in [-0.3, -0.25) is 0 Å². The van der Waals surface area contributed by atoms with Crippen LogP contribution in [0, 0.1) is 5.92 Å². The van der Waals surface area contributed by atoms with Gasteiger partial charge in [-0.25, -0.2) is 0 Å². The van der Waals surface area contributed by atoms with Crippen molar-refractivity contribution in [2.75, 3.05) is 18.1 Å². The summed E-state index contributed by atoms with van der Waals surface area (Å²) in [7, 11) is 0. The first-order chi connectivity index (χ1) is 6.86. The molecular weight excluding hydrogens is 190 g/mol. The van der Waals surface area contributed by atoms with Crippen molar-refractivity contribution >= 4 is 11.8 Å². The molecule has 1 atom stereocenters. The molecule has 1 aliphatic carbocycles. The van der Waals surface area contributed by atoms with E-state index in [-0.39, 0.29) is 0 Å². The summed E-state index contributed by atoms with van der Waals surface area (Å²) in [6.07, 6.45) is 7.01. The third kappa shape index (κ3) is 5.92. The van der Waals surface area contributed by atoms with Gasteiger partial charge in [0.1, 0.15) is 0 Å². The van der Waals surface area contributed by atoms with Gasteiger partial charge in [0.2, 0.25) is 0 Å². The van der Waals surface area contributed by atoms with Crippen molar-refractivity contribution in [1.29, 1.82) is 0 Å². The Kier molecular flexibility index (Phi) is 6.70. The SMILES string of the molecule is CCSCCCC(CC)CNC1CC1. The molecule has 0 bridgehead atoms. The highest BCUT2D eigenvalue weighted by Gasteiger charge is 2.21. The number of nitrogens with one attached hydrogen (secondary N) is 1. The summed E-state index contributed by atoms with van der Waals surface area (Å²) in [5.41, 5.74) is 0. The molecule has 0 aliphatic heterocycles. The highest BCUT2D eigenvalue weighted by Crippen LogP contribution is 2.20. The Hall–Kier alpha value is 0.310. The monoisotopic (exact) mass is 215 g/mol. The standard InChI is InChI=1S/C12H25NS/c1-3-11(6-5-9-14-4-2)10-13-12-7-8-12/h11-13H,3-10H2,1-2H3. The first-order valence-electron chi connectivity index (χ1n) is 6.18. The van der Waals surface area contributed by atoms with Gasteiger partial charge >= 0.3 is 0 Å². The second-order valence-corrected chi connectivity index (χ2v) is 5.69. The summed E-state index contributed by atoms with van der Waals surface area (Å²) in [4.78, 5) is 0. The van der Waals surface area contributed by atoms with Gasteiger partial charge in [0, 0.05) is 6.04 Å². The zero-order valence-corrected chi connectivity index (χ0v) is 10.5. The van der Waals surface area contributed by atoms with E-state index >= 15 is 0 Å². The molecule has 0 aromatic rings. The predicted octanol–water partition coefficient (Wildman–Crippen LogP) is 3.30. The van der Waals surface area contributed by atoms with Gasteiger partial charge in [0.15, 0.2) is 0 Å². The molecular formula is C12H25NS. The maximum atomic E-state index is 3.64. The van der Waals surface area contributed by atoms with Gasteiger partial charge in [-0.15, -0.1) is 0 Å². The van der Waals surface area contributed by atoms with Crippen LogP contribution in [0.25, 0.3) is 0 Å². The lowest BCUT2D eigenvalue weighted by Crippen LogP contribution is -2.24. The molecule has 1 N–H and O–H groups in total. The van der Waals surface area contributed by atoms with Crippen LogP contribution in [0.5, 0.6) is 0 Å². The van der Waals surface area contributed by atoms with Crippen LogP contribution < -0.4 is 5.32 Å². The number of thioether (sulfide) groups is 1. The topological polar surface area (TPSA) is 12.0 Å². The minimum atomic E-state index is 0.883. The zero-order valence-electron chi connectivity index (χ0n) is 9.72. The molecule has 0 heterocycles. The lowest BCUT2D eigenvalue weighted by molar-refractivity contribution is 0.429. The molecule has 0 radical (unpaired) electrons. The minimum absolute atomic E-state index is 0.883. The van der Waals surface area contributed by atoms with E-state index in [1.54, 1.807) is 0 Å². The maximum absolute atomic E-state index is 3.64. The largest absolute Gasteiger partial charge is 0.314 e. The van der Waals surface area contributed by atoms with Crippen molar-refractivity contribution < 1.29 is 0 Å². The summed E-state index contributed by atoms with van der Waals surface area (Å²) in [5, 5.41) is 3.64. The van der Waals surface area contributed by atoms with Crippen LogP contribution in [0.2, 0.25) is 0 Å². The Morgan fingerprint density at radius 1 is 1.36 bits per heavy atom. The molecule has 1 saturated carbocycles. The van der Waals surface area contributed by atoms with Crippen molar-refractivity contribution in [2.45, 2.75) is 52.0 Å². The van der Waals surface area contributed by atoms with E-state index in [1.807, 2.05) is 0 Å². The van der Waals surface area contributed by atoms with Crippen molar-refractivity contribution in [3.05, 3.63) is 0 Å². The number of hydrogen-bond acceptors (Lipinski definition) is 2. The lowest BCUT2D eigenvalue weighted by atomic mass is 10.0. The van der Waals surface area contributed by atoms with E-state index in [0.29, 0.717) is 0 Å². The van der Waals surface area contributed by atoms with Gasteiger partial charge in [-0.2, -0.15) is 11.8 Å². The van der Waals surface area contributed by atoms with Gasteiger partial charge in [-0.05, 0) is 49.7 Å². The minimum Gasteiger partial charge on any atom is -0.314 e. The Bertz CT molecular complexity index is 134. The first kappa shape index (κ1) is 12.4. The molecule has 1 nitrogen and oxygen atoms in total. The summed E-state index contributed by atoms with van der Waals surface area (Å²) >= 11 is 2.08. The average Bonchev–Trinajstić information content (AvgIpc) is 3.01. The van der Waals surface area contributed by atoms with Crippen LogP contribution in [0.1, 0.15) is 46.0 Å². The molecule has 1 aliphatic rings. The van der Waals surface area contributed by atoms with E-state index in [9.17, 15) is 0 Å². The normalized spacial score (nSPS) is 18.4. The van der Waals surface area contributed by atoms with Crippen LogP contribution in [0.3, 0.4) is 0 Å². The Labute approximate surface area is 93.4 Å². The van der Waals surface area contributed by atoms with Crippen molar-refractivity contribution in [2.24, 2.45) is 5.92 Å². The van der Waals surface area contributed by atoms with Crippen molar-refractivity contribution in [3.63, 3.8) is 0 Å². The summed E-state index contributed by atoms with van der Waals surface area (Å²) in [6.45, 7) is 5.83. The van der Waals surface area contributed by atoms with E-state index in [0.717, 1.165) is 12.0 Å². The molecule has 0 amide bonds. The predicted molar refractivity (Wildman–Crippen MR) is 67.0 cm³/mol. The Morgan fingerprint density at radius 2 is 2.14 bits per heavy atom. The van der Waals surface area contributed by atoms with Crippen LogP contribution in [-0.2, 0) is 0 Å². The van der Waals surface area contributed by atoms with Crippen LogP contribution in [0.4, 0.5) is 0 Å². The van der Waals surface area contributed by atoms with Crippen molar-refractivity contribution in [1.82, 2.24) is 5.32 Å². The van der Waals surface area contributed by atoms with E-state index < -0.39 is 0 Å². The fourth-order valence-electron chi connectivity index (χ4n) is 1.69. The third-order valence-corrected chi connectivity index (χ3v) is 3.94. The molecule has 2 heteroatoms. The highest BCUT2D eigenvalue weighted by atomic mass is 32.2. The molecule has 0 aromatic carbocycles. The van der Waals surface area contributed by atoms with Gasteiger partial charge in [0.25, 0.3) is 0 Å². The third-order valence-electron chi connectivity index (χ3n) is 2.96. The fraction of sp³-hybridized carbons (Fsp3) is 1.00. The van der Waals surface area contributed by atoms with Crippen LogP contribution in [-0.4, -0.2) is 24.1 Å². The van der Waals surface area contributed by atoms with E-state index in [4.69, 9.17) is 0 Å². The van der Waals surface area contributed by atoms with Crippen LogP contribution in [0.15, 0.2) is 0 Å². The molecule has 0 saturated heterocycles. The van der Waals surface area contributed by atoms with Crippen molar-refractivity contribution in [3.8, 4) is 0 Å². The average molecular weight is 215 g/mol. The second-order valence-electron chi connectivity index (χ2n) is 4.30. The molecule has 0 aromatic heterocycles. The zero-order chi connectivity index (χ0) is 10.2. The fourth-order valence-corrected chi connectivity index (χ4v) is 2.35. The number of rotatable bonds is 9. The van der Waals surface area contributed by atoms with Gasteiger partial charge < -0.3 is 5.32 Å². The van der Waals surface area contributed by atoms with E-state index in [2.05, 4.69) is 30.9 Å². The summed E-state index contributed by atoms with van der Waals surface area (Å²) in [6, 6.07) is 0.883.